The highest BCUT2D eigenvalue weighted by Crippen LogP contribution is 2.31. The normalized spacial score (nSPS) is 21.2. The van der Waals surface area contributed by atoms with E-state index >= 15 is 0 Å². The Kier molecular flexibility index (Phi) is 3.91. The molecule has 3 amide bonds. The lowest BCUT2D eigenvalue weighted by Crippen LogP contribution is -2.40. The molecule has 7 heteroatoms. The van der Waals surface area contributed by atoms with Crippen LogP contribution in [0.15, 0.2) is 29.8 Å². The van der Waals surface area contributed by atoms with Crippen LogP contribution in [0.2, 0.25) is 0 Å². The molecule has 6 nitrogen and oxygen atoms in total. The van der Waals surface area contributed by atoms with Crippen LogP contribution in [-0.2, 0) is 22.3 Å². The van der Waals surface area contributed by atoms with E-state index in [9.17, 15) is 9.59 Å². The number of amides is 3. The molecule has 2 heterocycles. The number of aromatic nitrogens is 2. The summed E-state index contributed by atoms with van der Waals surface area (Å²) in [5.41, 5.74) is 2.51. The van der Waals surface area contributed by atoms with Crippen LogP contribution in [0.3, 0.4) is 0 Å². The number of carbonyl (C=O) groups excluding carboxylic acids is 2. The predicted octanol–water partition coefficient (Wildman–Crippen LogP) is 2.80. The van der Waals surface area contributed by atoms with Gasteiger partial charge in [0, 0.05) is 0 Å². The van der Waals surface area contributed by atoms with Crippen LogP contribution in [0.25, 0.3) is 0 Å². The molecule has 0 bridgehead atoms. The summed E-state index contributed by atoms with van der Waals surface area (Å²) in [7, 11) is 0. The number of nitrogens with zero attached hydrogens (tertiary/aromatic N) is 3. The zero-order valence-corrected chi connectivity index (χ0v) is 15.0. The zero-order chi connectivity index (χ0) is 17.5. The minimum atomic E-state index is -1.06. The van der Waals surface area contributed by atoms with Gasteiger partial charge in [-0.15, -0.1) is 21.5 Å². The van der Waals surface area contributed by atoms with Crippen LogP contribution in [0.1, 0.15) is 43.8 Å². The molecule has 1 N–H and O–H groups in total. The van der Waals surface area contributed by atoms with Crippen LogP contribution in [0.5, 0.6) is 0 Å². The quantitative estimate of drug-likeness (QED) is 0.869. The van der Waals surface area contributed by atoms with Gasteiger partial charge in [0.2, 0.25) is 0 Å². The molecule has 1 atom stereocenters. The third kappa shape index (κ3) is 2.80. The van der Waals surface area contributed by atoms with E-state index in [1.165, 1.54) is 21.8 Å². The molecular formula is C17H20N4O2S. The molecule has 1 fully saturated rings. The zero-order valence-electron chi connectivity index (χ0n) is 14.2. The average molecular weight is 344 g/mol. The number of rotatable bonds is 3. The van der Waals surface area contributed by atoms with Crippen LogP contribution >= 0.6 is 11.3 Å². The van der Waals surface area contributed by atoms with E-state index in [0.717, 1.165) is 5.56 Å². The van der Waals surface area contributed by atoms with Crippen molar-refractivity contribution in [2.45, 2.75) is 45.2 Å². The van der Waals surface area contributed by atoms with Crippen molar-refractivity contribution in [2.75, 3.05) is 0 Å². The monoisotopic (exact) mass is 344 g/mol. The molecule has 1 unspecified atom stereocenters. The summed E-state index contributed by atoms with van der Waals surface area (Å²) in [6, 6.07) is 7.43. The third-order valence-corrected chi connectivity index (χ3v) is 4.98. The molecule has 1 aromatic heterocycles. The molecule has 1 aliphatic rings. The van der Waals surface area contributed by atoms with Gasteiger partial charge in [0.15, 0.2) is 0 Å². The Balaban J connectivity index is 1.87. The van der Waals surface area contributed by atoms with Crippen molar-refractivity contribution in [1.29, 1.82) is 0 Å². The summed E-state index contributed by atoms with van der Waals surface area (Å²) >= 11 is 1.32. The van der Waals surface area contributed by atoms with Gasteiger partial charge in [-0.3, -0.25) is 9.69 Å². The van der Waals surface area contributed by atoms with E-state index in [-0.39, 0.29) is 17.9 Å². The number of benzene rings is 1. The molecule has 2 aromatic rings. The first-order chi connectivity index (χ1) is 11.2. The van der Waals surface area contributed by atoms with Gasteiger partial charge >= 0.3 is 6.03 Å². The SMILES string of the molecule is CC(C)(C)c1ccc(C2(C)NC(=O)N(Cc3nncs3)C2=O)cc1. The lowest BCUT2D eigenvalue weighted by molar-refractivity contribution is -0.131. The minimum Gasteiger partial charge on any atom is -0.319 e. The smallest absolute Gasteiger partial charge is 0.319 e. The molecule has 0 saturated carbocycles. The van der Waals surface area contributed by atoms with E-state index in [2.05, 4.69) is 36.3 Å². The highest BCUT2D eigenvalue weighted by Gasteiger charge is 2.49. The van der Waals surface area contributed by atoms with Crippen molar-refractivity contribution in [1.82, 2.24) is 20.4 Å². The first-order valence-corrected chi connectivity index (χ1v) is 8.60. The van der Waals surface area contributed by atoms with Crippen LogP contribution in [0.4, 0.5) is 4.79 Å². The van der Waals surface area contributed by atoms with Gasteiger partial charge in [0.25, 0.3) is 5.91 Å². The fourth-order valence-electron chi connectivity index (χ4n) is 2.74. The Labute approximate surface area is 144 Å². The van der Waals surface area contributed by atoms with Crippen molar-refractivity contribution >= 4 is 23.3 Å². The van der Waals surface area contributed by atoms with Gasteiger partial charge in [-0.1, -0.05) is 45.0 Å². The van der Waals surface area contributed by atoms with Crippen LogP contribution < -0.4 is 5.32 Å². The average Bonchev–Trinajstić information content (AvgIpc) is 3.10. The second-order valence-corrected chi connectivity index (χ2v) is 8.02. The number of carbonyl (C=O) groups is 2. The number of imide groups is 1. The Morgan fingerprint density at radius 2 is 1.88 bits per heavy atom. The highest BCUT2D eigenvalue weighted by molar-refractivity contribution is 7.09. The fourth-order valence-corrected chi connectivity index (χ4v) is 3.25. The molecule has 0 spiro atoms. The fraction of sp³-hybridized carbons (Fsp3) is 0.412. The maximum Gasteiger partial charge on any atom is 0.325 e. The summed E-state index contributed by atoms with van der Waals surface area (Å²) in [4.78, 5) is 26.3. The predicted molar refractivity (Wildman–Crippen MR) is 91.5 cm³/mol. The van der Waals surface area contributed by atoms with E-state index < -0.39 is 11.6 Å². The number of nitrogens with one attached hydrogen (secondary N) is 1. The van der Waals surface area contributed by atoms with E-state index in [4.69, 9.17) is 0 Å². The largest absolute Gasteiger partial charge is 0.325 e. The standard InChI is InChI=1S/C17H20N4O2S/c1-16(2,3)11-5-7-12(8-6-11)17(4)14(22)21(15(23)19-17)9-13-20-18-10-24-13/h5-8,10H,9H2,1-4H3,(H,19,23). The molecule has 1 aromatic carbocycles. The second kappa shape index (κ2) is 5.66. The Bertz CT molecular complexity index is 765. The molecule has 0 aliphatic carbocycles. The Morgan fingerprint density at radius 1 is 1.21 bits per heavy atom. The minimum absolute atomic E-state index is 0.0340. The number of hydrogen-bond donors (Lipinski definition) is 1. The first-order valence-electron chi connectivity index (χ1n) is 7.72. The van der Waals surface area contributed by atoms with Gasteiger partial charge in [0.1, 0.15) is 16.1 Å². The van der Waals surface area contributed by atoms with Crippen molar-refractivity contribution in [3.63, 3.8) is 0 Å². The first kappa shape index (κ1) is 16.6. The summed E-state index contributed by atoms with van der Waals surface area (Å²) in [6.45, 7) is 8.28. The summed E-state index contributed by atoms with van der Waals surface area (Å²) in [5, 5.41) is 11.1. The number of hydrogen-bond acceptors (Lipinski definition) is 5. The molecule has 3 rings (SSSR count). The lowest BCUT2D eigenvalue weighted by Gasteiger charge is -2.24. The molecular weight excluding hydrogens is 324 g/mol. The summed E-state index contributed by atoms with van der Waals surface area (Å²) in [5.74, 6) is -0.272. The molecule has 0 radical (unpaired) electrons. The Hall–Kier alpha value is -2.28. The van der Waals surface area contributed by atoms with Gasteiger partial charge < -0.3 is 5.32 Å². The highest BCUT2D eigenvalue weighted by atomic mass is 32.1. The maximum atomic E-state index is 12.8. The van der Waals surface area contributed by atoms with Crippen molar-refractivity contribution < 1.29 is 9.59 Å². The van der Waals surface area contributed by atoms with Gasteiger partial charge in [-0.2, -0.15) is 0 Å². The third-order valence-electron chi connectivity index (χ3n) is 4.30. The summed E-state index contributed by atoms with van der Waals surface area (Å²) in [6.07, 6.45) is 0. The molecule has 24 heavy (non-hydrogen) atoms. The Morgan fingerprint density at radius 3 is 2.42 bits per heavy atom. The molecule has 1 saturated heterocycles. The van der Waals surface area contributed by atoms with Crippen molar-refractivity contribution in [3.8, 4) is 0 Å². The summed E-state index contributed by atoms with van der Waals surface area (Å²) < 4.78 is 0. The van der Waals surface area contributed by atoms with Crippen LogP contribution in [-0.4, -0.2) is 27.0 Å². The van der Waals surface area contributed by atoms with Crippen molar-refractivity contribution in [2.24, 2.45) is 0 Å². The van der Waals surface area contributed by atoms with E-state index in [1.54, 1.807) is 12.4 Å². The lowest BCUT2D eigenvalue weighted by atomic mass is 9.84. The maximum absolute atomic E-state index is 12.8. The van der Waals surface area contributed by atoms with Gasteiger partial charge in [0.05, 0.1) is 6.54 Å². The van der Waals surface area contributed by atoms with Crippen molar-refractivity contribution in [3.05, 3.63) is 45.9 Å². The molecule has 126 valence electrons. The van der Waals surface area contributed by atoms with Crippen LogP contribution in [0, 0.1) is 0 Å². The van der Waals surface area contributed by atoms with Gasteiger partial charge in [-0.05, 0) is 23.5 Å². The van der Waals surface area contributed by atoms with E-state index in [0.29, 0.717) is 5.01 Å². The second-order valence-electron chi connectivity index (χ2n) is 7.11. The van der Waals surface area contributed by atoms with Gasteiger partial charge in [-0.25, -0.2) is 4.79 Å². The van der Waals surface area contributed by atoms with E-state index in [1.807, 2.05) is 24.3 Å². The topological polar surface area (TPSA) is 75.2 Å². The molecule has 1 aliphatic heterocycles. The number of urea groups is 1.